The number of rotatable bonds is 11. The molecular formula is C48H80N2O7. The van der Waals surface area contributed by atoms with E-state index in [1.165, 1.54) is 19.3 Å². The molecule has 13 atom stereocenters. The molecule has 9 nitrogen and oxygen atoms in total. The Balaban J connectivity index is 1.08. The number of carbonyl (C=O) groups is 3. The number of aliphatic hydroxyl groups is 1. The lowest BCUT2D eigenvalue weighted by Gasteiger charge is -2.73. The van der Waals surface area contributed by atoms with E-state index in [4.69, 9.17) is 9.47 Å². The van der Waals surface area contributed by atoms with Crippen molar-refractivity contribution in [3.8, 4) is 0 Å². The van der Waals surface area contributed by atoms with Crippen molar-refractivity contribution in [3.05, 3.63) is 0 Å². The number of ether oxygens (including phenoxy) is 2. The highest BCUT2D eigenvalue weighted by molar-refractivity contribution is 5.84. The second-order valence-electron chi connectivity index (χ2n) is 23.7. The summed E-state index contributed by atoms with van der Waals surface area (Å²) in [7, 11) is 0. The number of hydrogen-bond acceptors (Lipinski definition) is 7. The van der Waals surface area contributed by atoms with Gasteiger partial charge in [-0.1, -0.05) is 62.3 Å². The molecule has 6 saturated carbocycles. The van der Waals surface area contributed by atoms with Gasteiger partial charge in [-0.25, -0.2) is 0 Å². The van der Waals surface area contributed by atoms with Crippen LogP contribution in [-0.2, 0) is 23.9 Å². The SMILES string of the molecule is CC(C)C1CC[C@]2(C(=O)NC(C)(C)CN3CC[C@@H](OCCO)C3)CC[C@]3(C)C(CC[C@@H]4C5(C)CC[C@H](OC(=O)C6C[C@@H](C(=O)O)C6(C)C)C(C)(C)[C@@H]5CCC43C)C12. The van der Waals surface area contributed by atoms with E-state index >= 15 is 4.79 Å². The van der Waals surface area contributed by atoms with Gasteiger partial charge in [0, 0.05) is 30.6 Å². The largest absolute Gasteiger partial charge is 0.481 e. The molecule has 324 valence electrons. The van der Waals surface area contributed by atoms with Gasteiger partial charge < -0.3 is 25.0 Å². The van der Waals surface area contributed by atoms with Crippen molar-refractivity contribution in [2.75, 3.05) is 32.8 Å². The summed E-state index contributed by atoms with van der Waals surface area (Å²) in [5.74, 6) is 1.45. The second kappa shape index (κ2) is 14.7. The van der Waals surface area contributed by atoms with Crippen molar-refractivity contribution in [3.63, 3.8) is 0 Å². The van der Waals surface area contributed by atoms with Gasteiger partial charge in [-0.2, -0.15) is 0 Å². The number of carboxylic acid groups (broad SMARTS) is 1. The molecular weight excluding hydrogens is 717 g/mol. The summed E-state index contributed by atoms with van der Waals surface area (Å²) in [6.07, 6.45) is 12.2. The van der Waals surface area contributed by atoms with Gasteiger partial charge in [0.1, 0.15) is 6.10 Å². The number of hydrogen-bond donors (Lipinski definition) is 3. The number of esters is 1. The number of nitrogens with one attached hydrogen (secondary N) is 1. The Labute approximate surface area is 344 Å². The minimum atomic E-state index is -0.816. The van der Waals surface area contributed by atoms with Gasteiger partial charge in [0.25, 0.3) is 0 Å². The topological polar surface area (TPSA) is 125 Å². The average Bonchev–Trinajstić information content (AvgIpc) is 3.73. The molecule has 0 aromatic carbocycles. The minimum Gasteiger partial charge on any atom is -0.481 e. The van der Waals surface area contributed by atoms with Crippen LogP contribution in [0.2, 0.25) is 0 Å². The fourth-order valence-electron chi connectivity index (χ4n) is 16.3. The smallest absolute Gasteiger partial charge is 0.309 e. The first-order chi connectivity index (χ1) is 26.5. The van der Waals surface area contributed by atoms with E-state index in [-0.39, 0.29) is 63.3 Å². The zero-order valence-corrected chi connectivity index (χ0v) is 37.7. The van der Waals surface area contributed by atoms with Crippen LogP contribution in [0.3, 0.4) is 0 Å². The molecule has 0 spiro atoms. The van der Waals surface area contributed by atoms with E-state index in [1.807, 2.05) is 13.8 Å². The monoisotopic (exact) mass is 797 g/mol. The minimum absolute atomic E-state index is 0.0505. The van der Waals surface area contributed by atoms with Crippen LogP contribution in [0.1, 0.15) is 153 Å². The number of nitrogens with zero attached hydrogens (tertiary/aromatic N) is 1. The number of carboxylic acids is 1. The number of aliphatic hydroxyl groups excluding tert-OH is 1. The molecule has 0 radical (unpaired) electrons. The third-order valence-corrected chi connectivity index (χ3v) is 19.6. The highest BCUT2D eigenvalue weighted by atomic mass is 16.5. The lowest BCUT2D eigenvalue weighted by molar-refractivity contribution is -0.252. The molecule has 9 heteroatoms. The first-order valence-electron chi connectivity index (χ1n) is 23.2. The summed E-state index contributed by atoms with van der Waals surface area (Å²) >= 11 is 0. The van der Waals surface area contributed by atoms with Gasteiger partial charge >= 0.3 is 11.9 Å². The van der Waals surface area contributed by atoms with E-state index in [2.05, 4.69) is 72.5 Å². The number of carbonyl (C=O) groups excluding carboxylic acids is 2. The number of aliphatic carboxylic acids is 1. The maximum Gasteiger partial charge on any atom is 0.309 e. The highest BCUT2D eigenvalue weighted by Gasteiger charge is 2.72. The van der Waals surface area contributed by atoms with Crippen LogP contribution in [0.5, 0.6) is 0 Å². The lowest BCUT2D eigenvalue weighted by Crippen LogP contribution is -2.68. The summed E-state index contributed by atoms with van der Waals surface area (Å²) in [5.41, 5.74) is -0.989. The van der Waals surface area contributed by atoms with Gasteiger partial charge in [0.15, 0.2) is 0 Å². The highest BCUT2D eigenvalue weighted by Crippen LogP contribution is 2.77. The molecule has 0 aromatic rings. The zero-order valence-electron chi connectivity index (χ0n) is 37.7. The molecule has 1 saturated heterocycles. The van der Waals surface area contributed by atoms with Crippen molar-refractivity contribution in [1.82, 2.24) is 10.2 Å². The number of fused-ring (bicyclic) bond motifs is 7. The first-order valence-corrected chi connectivity index (χ1v) is 23.2. The Hall–Kier alpha value is -1.71. The predicted octanol–water partition coefficient (Wildman–Crippen LogP) is 8.36. The maximum absolute atomic E-state index is 15.0. The van der Waals surface area contributed by atoms with Crippen molar-refractivity contribution in [2.45, 2.75) is 171 Å². The standard InChI is InChI=1S/C48H80N2O7/c1-29(2)31-14-20-48(41(55)49-42(3,4)28-50-23-17-30(27-50)56-25-24-51)22-21-46(10)32(38(31)48)12-13-36-45(9)18-16-37(44(7,8)35(45)15-19-47(36,46)11)57-40(54)34-26-33(39(52)53)43(34,5)6/h29-38,51H,12-28H2,1-11H3,(H,49,55)(H,52,53)/t30-,31?,32?,33+,34?,35+,36-,37+,38?,45?,46-,47?,48+/m1/s1. The normalized spacial score (nSPS) is 44.9. The molecule has 1 amide bonds. The van der Waals surface area contributed by atoms with E-state index in [9.17, 15) is 19.8 Å². The molecule has 0 bridgehead atoms. The Morgan fingerprint density at radius 2 is 1.54 bits per heavy atom. The van der Waals surface area contributed by atoms with E-state index in [0.717, 1.165) is 71.0 Å². The van der Waals surface area contributed by atoms with E-state index < -0.39 is 17.3 Å². The van der Waals surface area contributed by atoms with Crippen LogP contribution in [0, 0.1) is 79.8 Å². The average molecular weight is 797 g/mol. The van der Waals surface area contributed by atoms with Crippen LogP contribution in [-0.4, -0.2) is 83.6 Å². The molecule has 0 aromatic heterocycles. The zero-order chi connectivity index (χ0) is 41.7. The van der Waals surface area contributed by atoms with Gasteiger partial charge in [-0.3, -0.25) is 19.3 Å². The van der Waals surface area contributed by atoms with E-state index in [1.54, 1.807) is 0 Å². The molecule has 57 heavy (non-hydrogen) atoms. The van der Waals surface area contributed by atoms with Gasteiger partial charge in [0.2, 0.25) is 5.91 Å². The molecule has 7 aliphatic rings. The summed E-state index contributed by atoms with van der Waals surface area (Å²) in [6.45, 7) is 28.7. The van der Waals surface area contributed by atoms with Crippen LogP contribution in [0.4, 0.5) is 0 Å². The van der Waals surface area contributed by atoms with Crippen molar-refractivity contribution in [2.24, 2.45) is 79.8 Å². The molecule has 7 fully saturated rings. The summed E-state index contributed by atoms with van der Waals surface area (Å²) in [6, 6.07) is 0. The van der Waals surface area contributed by atoms with Crippen LogP contribution < -0.4 is 5.32 Å². The van der Waals surface area contributed by atoms with Crippen molar-refractivity contribution in [1.29, 1.82) is 0 Å². The molecule has 3 N–H and O–H groups in total. The lowest BCUT2D eigenvalue weighted by atomic mass is 9.32. The van der Waals surface area contributed by atoms with Gasteiger partial charge in [-0.05, 0) is 148 Å². The predicted molar refractivity (Wildman–Crippen MR) is 222 cm³/mol. The number of likely N-dealkylation sites (tertiary alicyclic amines) is 1. The molecule has 1 heterocycles. The first kappa shape index (κ1) is 43.4. The van der Waals surface area contributed by atoms with Crippen molar-refractivity contribution < 1.29 is 34.1 Å². The fraction of sp³-hybridized carbons (Fsp3) is 0.938. The third-order valence-electron chi connectivity index (χ3n) is 19.6. The molecule has 1 aliphatic heterocycles. The van der Waals surface area contributed by atoms with Crippen LogP contribution >= 0.6 is 0 Å². The van der Waals surface area contributed by atoms with Gasteiger partial charge in [-0.15, -0.1) is 0 Å². The maximum atomic E-state index is 15.0. The van der Waals surface area contributed by atoms with Gasteiger partial charge in [0.05, 0.1) is 36.6 Å². The Bertz CT molecular complexity index is 1560. The van der Waals surface area contributed by atoms with Crippen molar-refractivity contribution >= 4 is 17.8 Å². The summed E-state index contributed by atoms with van der Waals surface area (Å²) < 4.78 is 12.3. The number of amides is 1. The summed E-state index contributed by atoms with van der Waals surface area (Å²) in [5, 5.41) is 22.6. The molecule has 6 unspecified atom stereocenters. The third kappa shape index (κ3) is 6.75. The quantitative estimate of drug-likeness (QED) is 0.178. The van der Waals surface area contributed by atoms with E-state index in [0.29, 0.717) is 54.4 Å². The molecule has 7 rings (SSSR count). The molecule has 6 aliphatic carbocycles. The Morgan fingerprint density at radius 3 is 2.19 bits per heavy atom. The summed E-state index contributed by atoms with van der Waals surface area (Å²) in [4.78, 5) is 42.9. The fourth-order valence-corrected chi connectivity index (χ4v) is 16.3. The van der Waals surface area contributed by atoms with Crippen LogP contribution in [0.25, 0.3) is 0 Å². The van der Waals surface area contributed by atoms with Crippen LogP contribution in [0.15, 0.2) is 0 Å². The Morgan fingerprint density at radius 1 is 0.825 bits per heavy atom. The second-order valence-corrected chi connectivity index (χ2v) is 23.7. The Kier molecular flexibility index (Phi) is 11.2.